The summed E-state index contributed by atoms with van der Waals surface area (Å²) < 4.78 is 34.7. The van der Waals surface area contributed by atoms with Crippen LogP contribution in [-0.2, 0) is 26.2 Å². The highest BCUT2D eigenvalue weighted by Crippen LogP contribution is 2.26. The lowest BCUT2D eigenvalue weighted by molar-refractivity contribution is -0.139. The highest BCUT2D eigenvalue weighted by Gasteiger charge is 2.32. The highest BCUT2D eigenvalue weighted by atomic mass is 79.9. The fourth-order valence-corrected chi connectivity index (χ4v) is 5.81. The molecular formula is C29H34BrN3O5S. The van der Waals surface area contributed by atoms with Crippen LogP contribution in [0.15, 0.2) is 88.2 Å². The quantitative estimate of drug-likeness (QED) is 0.273. The average Bonchev–Trinajstić information content (AvgIpc) is 2.94. The molecule has 0 aromatic heterocycles. The maximum absolute atomic E-state index is 13.9. The summed E-state index contributed by atoms with van der Waals surface area (Å²) in [5.74, 6) is -0.287. The van der Waals surface area contributed by atoms with Crippen molar-refractivity contribution in [3.63, 3.8) is 0 Å². The molecule has 1 N–H and O–H groups in total. The van der Waals surface area contributed by atoms with E-state index in [0.717, 1.165) is 27.2 Å². The van der Waals surface area contributed by atoms with Crippen LogP contribution in [0, 0.1) is 0 Å². The number of halogens is 1. The predicted octanol–water partition coefficient (Wildman–Crippen LogP) is 4.99. The molecule has 0 aliphatic carbocycles. The van der Waals surface area contributed by atoms with Gasteiger partial charge in [-0.1, -0.05) is 59.6 Å². The number of nitrogens with zero attached hydrogens (tertiary/aromatic N) is 2. The second-order valence-corrected chi connectivity index (χ2v) is 11.8. The molecule has 3 aromatic carbocycles. The molecule has 8 nitrogen and oxygen atoms in total. The summed E-state index contributed by atoms with van der Waals surface area (Å²) in [6.45, 7) is 3.83. The van der Waals surface area contributed by atoms with Gasteiger partial charge in [-0.2, -0.15) is 0 Å². The predicted molar refractivity (Wildman–Crippen MR) is 156 cm³/mol. The highest BCUT2D eigenvalue weighted by molar-refractivity contribution is 9.10. The number of hydrogen-bond donors (Lipinski definition) is 1. The molecule has 0 aliphatic rings. The van der Waals surface area contributed by atoms with Gasteiger partial charge in [-0.05, 0) is 67.4 Å². The van der Waals surface area contributed by atoms with E-state index in [2.05, 4.69) is 21.2 Å². The minimum Gasteiger partial charge on any atom is -0.497 e. The third-order valence-electron chi connectivity index (χ3n) is 6.21. The summed E-state index contributed by atoms with van der Waals surface area (Å²) in [7, 11) is -2.63. The van der Waals surface area contributed by atoms with Gasteiger partial charge in [-0.15, -0.1) is 0 Å². The number of amides is 2. The summed E-state index contributed by atoms with van der Waals surface area (Å²) in [5.41, 5.74) is 1.14. The van der Waals surface area contributed by atoms with Gasteiger partial charge in [-0.25, -0.2) is 8.42 Å². The van der Waals surface area contributed by atoms with Gasteiger partial charge in [0.1, 0.15) is 18.3 Å². The fraction of sp³-hybridized carbons (Fsp3) is 0.310. The van der Waals surface area contributed by atoms with Crippen LogP contribution in [0.5, 0.6) is 5.75 Å². The van der Waals surface area contributed by atoms with E-state index >= 15 is 0 Å². The largest absolute Gasteiger partial charge is 0.497 e. The van der Waals surface area contributed by atoms with Crippen LogP contribution in [0.3, 0.4) is 0 Å². The monoisotopic (exact) mass is 615 g/mol. The van der Waals surface area contributed by atoms with E-state index in [1.807, 2.05) is 31.2 Å². The minimum atomic E-state index is -4.13. The van der Waals surface area contributed by atoms with E-state index in [0.29, 0.717) is 18.0 Å². The fourth-order valence-electron chi connectivity index (χ4n) is 3.95. The van der Waals surface area contributed by atoms with Crippen LogP contribution in [0.25, 0.3) is 0 Å². The number of para-hydroxylation sites is 1. The Kier molecular flexibility index (Phi) is 10.9. The Hall–Kier alpha value is -3.37. The van der Waals surface area contributed by atoms with Gasteiger partial charge in [0, 0.05) is 17.6 Å². The Morgan fingerprint density at radius 2 is 1.69 bits per heavy atom. The van der Waals surface area contributed by atoms with Crippen LogP contribution in [0.4, 0.5) is 5.69 Å². The molecule has 0 heterocycles. The third kappa shape index (κ3) is 8.06. The number of anilines is 1. The zero-order valence-electron chi connectivity index (χ0n) is 22.3. The first-order chi connectivity index (χ1) is 18.7. The van der Waals surface area contributed by atoms with Crippen molar-refractivity contribution >= 4 is 43.5 Å². The molecule has 1 atom stereocenters. The van der Waals surface area contributed by atoms with Crippen molar-refractivity contribution in [3.05, 3.63) is 88.9 Å². The molecule has 0 aliphatic heterocycles. The van der Waals surface area contributed by atoms with E-state index in [-0.39, 0.29) is 17.3 Å². The van der Waals surface area contributed by atoms with E-state index in [1.165, 1.54) is 24.1 Å². The lowest BCUT2D eigenvalue weighted by Crippen LogP contribution is -2.51. The lowest BCUT2D eigenvalue weighted by Gasteiger charge is -2.32. The van der Waals surface area contributed by atoms with E-state index in [1.54, 1.807) is 49.4 Å². The lowest BCUT2D eigenvalue weighted by atomic mass is 10.1. The number of ether oxygens (including phenoxy) is 1. The van der Waals surface area contributed by atoms with E-state index in [9.17, 15) is 18.0 Å². The molecule has 3 aromatic rings. The number of rotatable bonds is 13. The zero-order chi connectivity index (χ0) is 28.4. The molecule has 0 fully saturated rings. The minimum absolute atomic E-state index is 0.0175. The van der Waals surface area contributed by atoms with Gasteiger partial charge < -0.3 is 15.0 Å². The summed E-state index contributed by atoms with van der Waals surface area (Å²) in [5, 5.41) is 2.88. The molecular weight excluding hydrogens is 582 g/mol. The van der Waals surface area contributed by atoms with Crippen molar-refractivity contribution in [2.45, 2.75) is 44.2 Å². The average molecular weight is 617 g/mol. The van der Waals surface area contributed by atoms with Gasteiger partial charge in [0.15, 0.2) is 0 Å². The molecule has 0 spiro atoms. The summed E-state index contributed by atoms with van der Waals surface area (Å²) in [4.78, 5) is 28.3. The third-order valence-corrected chi connectivity index (χ3v) is 8.49. The first-order valence-corrected chi connectivity index (χ1v) is 14.9. The molecule has 2 amide bonds. The number of nitrogens with one attached hydrogen (secondary N) is 1. The van der Waals surface area contributed by atoms with E-state index < -0.39 is 28.5 Å². The normalized spacial score (nSPS) is 11.9. The SMILES string of the molecule is CCCCNC(=O)C(C)N(Cc1cccc(Br)c1)C(=O)CN(c1ccccc1)S(=O)(=O)c1ccc(OC)cc1. The number of carbonyl (C=O) groups excluding carboxylic acids is 2. The van der Waals surface area contributed by atoms with Gasteiger partial charge in [0.05, 0.1) is 17.7 Å². The van der Waals surface area contributed by atoms with Crippen molar-refractivity contribution < 1.29 is 22.7 Å². The van der Waals surface area contributed by atoms with Gasteiger partial charge in [0.2, 0.25) is 11.8 Å². The van der Waals surface area contributed by atoms with E-state index in [4.69, 9.17) is 4.74 Å². The number of sulfonamides is 1. The maximum Gasteiger partial charge on any atom is 0.264 e. The molecule has 208 valence electrons. The van der Waals surface area contributed by atoms with Crippen molar-refractivity contribution in [1.82, 2.24) is 10.2 Å². The van der Waals surface area contributed by atoms with Crippen LogP contribution in [-0.4, -0.2) is 51.4 Å². The molecule has 0 radical (unpaired) electrons. The first-order valence-electron chi connectivity index (χ1n) is 12.7. The van der Waals surface area contributed by atoms with Crippen LogP contribution >= 0.6 is 15.9 Å². The summed E-state index contributed by atoms with van der Waals surface area (Å²) >= 11 is 3.45. The van der Waals surface area contributed by atoms with Crippen molar-refractivity contribution in [2.24, 2.45) is 0 Å². The van der Waals surface area contributed by atoms with Crippen molar-refractivity contribution in [2.75, 3.05) is 24.5 Å². The number of carbonyl (C=O) groups is 2. The standard InChI is InChI=1S/C29H34BrN3O5S/c1-4-5-18-31-29(35)22(2)32(20-23-10-9-11-24(30)19-23)28(34)21-33(25-12-7-6-8-13-25)39(36,37)27-16-14-26(38-3)15-17-27/h6-17,19,22H,4-5,18,20-21H2,1-3H3,(H,31,35). The van der Waals surface area contributed by atoms with Crippen LogP contribution in [0.2, 0.25) is 0 Å². The molecule has 0 bridgehead atoms. The van der Waals surface area contributed by atoms with Gasteiger partial charge in [-0.3, -0.25) is 13.9 Å². The Morgan fingerprint density at radius 1 is 1.00 bits per heavy atom. The number of hydrogen-bond acceptors (Lipinski definition) is 5. The summed E-state index contributed by atoms with van der Waals surface area (Å²) in [6.07, 6.45) is 1.74. The Labute approximate surface area is 239 Å². The number of benzene rings is 3. The first kappa shape index (κ1) is 30.2. The Balaban J connectivity index is 1.97. The Morgan fingerprint density at radius 3 is 2.31 bits per heavy atom. The number of methoxy groups -OCH3 is 1. The van der Waals surface area contributed by atoms with Crippen molar-refractivity contribution in [3.8, 4) is 5.75 Å². The maximum atomic E-state index is 13.9. The summed E-state index contributed by atoms with van der Waals surface area (Å²) in [6, 6.07) is 21.1. The van der Waals surface area contributed by atoms with Crippen molar-refractivity contribution in [1.29, 1.82) is 0 Å². The molecule has 0 saturated heterocycles. The topological polar surface area (TPSA) is 96.0 Å². The van der Waals surface area contributed by atoms with Crippen LogP contribution < -0.4 is 14.4 Å². The number of unbranched alkanes of at least 4 members (excludes halogenated alkanes) is 1. The molecule has 10 heteroatoms. The molecule has 1 unspecified atom stereocenters. The Bertz CT molecular complexity index is 1350. The smallest absolute Gasteiger partial charge is 0.264 e. The van der Waals surface area contributed by atoms with Gasteiger partial charge >= 0.3 is 0 Å². The second-order valence-electron chi connectivity index (χ2n) is 8.99. The second kappa shape index (κ2) is 14.1. The van der Waals surface area contributed by atoms with Gasteiger partial charge in [0.25, 0.3) is 10.0 Å². The van der Waals surface area contributed by atoms with Crippen LogP contribution in [0.1, 0.15) is 32.3 Å². The molecule has 39 heavy (non-hydrogen) atoms. The zero-order valence-corrected chi connectivity index (χ0v) is 24.7. The molecule has 3 rings (SSSR count). The molecule has 0 saturated carbocycles.